The number of nitrogens with zero attached hydrogens (tertiary/aromatic N) is 3. The molecule has 0 aliphatic rings. The lowest BCUT2D eigenvalue weighted by atomic mass is 10.0. The van der Waals surface area contributed by atoms with Crippen LogP contribution in [-0.2, 0) is 6.54 Å². The summed E-state index contributed by atoms with van der Waals surface area (Å²) in [6, 6.07) is 15.1. The van der Waals surface area contributed by atoms with Gasteiger partial charge < -0.3 is 4.74 Å². The van der Waals surface area contributed by atoms with Crippen LogP contribution in [0.15, 0.2) is 60.9 Å². The molecule has 0 aliphatic carbocycles. The van der Waals surface area contributed by atoms with E-state index in [1.54, 1.807) is 30.3 Å². The Morgan fingerprint density at radius 2 is 1.85 bits per heavy atom. The molecule has 4 rings (SSSR count). The van der Waals surface area contributed by atoms with Crippen LogP contribution in [0.1, 0.15) is 15.9 Å². The summed E-state index contributed by atoms with van der Waals surface area (Å²) in [6.07, 6.45) is 4.23. The second-order valence-corrected chi connectivity index (χ2v) is 6.46. The second kappa shape index (κ2) is 7.21. The molecule has 5 nitrogen and oxygen atoms in total. The Balaban J connectivity index is 1.74. The number of halogens is 1. The summed E-state index contributed by atoms with van der Waals surface area (Å²) in [5, 5.41) is 5.73. The number of carbonyl (C=O) groups excluding carboxylic acids is 1. The molecule has 0 bridgehead atoms. The van der Waals surface area contributed by atoms with Gasteiger partial charge in [0.1, 0.15) is 5.75 Å². The third-order valence-electron chi connectivity index (χ3n) is 4.47. The molecule has 0 atom stereocenters. The van der Waals surface area contributed by atoms with Crippen LogP contribution in [0.2, 0.25) is 5.02 Å². The van der Waals surface area contributed by atoms with Crippen LogP contribution in [-0.4, -0.2) is 28.2 Å². The summed E-state index contributed by atoms with van der Waals surface area (Å²) in [5.74, 6) is 0.809. The van der Waals surface area contributed by atoms with Crippen LogP contribution in [0.3, 0.4) is 0 Å². The highest BCUT2D eigenvalue weighted by molar-refractivity contribution is 6.38. The number of carbonyl (C=O) groups is 1. The van der Waals surface area contributed by atoms with Gasteiger partial charge in [-0.15, -0.1) is 0 Å². The third kappa shape index (κ3) is 3.17. The van der Waals surface area contributed by atoms with Crippen LogP contribution in [0.25, 0.3) is 22.2 Å². The van der Waals surface area contributed by atoms with Crippen molar-refractivity contribution < 1.29 is 9.53 Å². The first-order chi connectivity index (χ1) is 13.2. The maximum Gasteiger partial charge on any atom is 0.159 e. The zero-order valence-electron chi connectivity index (χ0n) is 14.6. The molecule has 0 aliphatic heterocycles. The van der Waals surface area contributed by atoms with Gasteiger partial charge >= 0.3 is 0 Å². The molecule has 0 N–H and O–H groups in total. The van der Waals surface area contributed by atoms with Crippen LogP contribution < -0.4 is 4.74 Å². The van der Waals surface area contributed by atoms with Gasteiger partial charge in [0.2, 0.25) is 0 Å². The molecular weight excluding hydrogens is 362 g/mol. The molecule has 4 aromatic rings. The lowest BCUT2D eigenvalue weighted by Gasteiger charge is -2.09. The van der Waals surface area contributed by atoms with E-state index in [2.05, 4.69) is 10.1 Å². The van der Waals surface area contributed by atoms with E-state index in [0.717, 1.165) is 34.1 Å². The van der Waals surface area contributed by atoms with Crippen molar-refractivity contribution in [2.45, 2.75) is 6.54 Å². The van der Waals surface area contributed by atoms with Crippen molar-refractivity contribution in [2.75, 3.05) is 7.11 Å². The molecule has 2 aromatic heterocycles. The van der Waals surface area contributed by atoms with Gasteiger partial charge in [-0.3, -0.25) is 4.79 Å². The Kier molecular flexibility index (Phi) is 4.60. The van der Waals surface area contributed by atoms with E-state index in [-0.39, 0.29) is 0 Å². The monoisotopic (exact) mass is 377 g/mol. The third-order valence-corrected chi connectivity index (χ3v) is 4.88. The maximum atomic E-state index is 11.3. The molecule has 27 heavy (non-hydrogen) atoms. The molecule has 2 aromatic carbocycles. The quantitative estimate of drug-likeness (QED) is 0.476. The number of aromatic nitrogens is 3. The number of rotatable bonds is 5. The molecule has 0 spiro atoms. The minimum atomic E-state index is 0.537. The van der Waals surface area contributed by atoms with Gasteiger partial charge in [-0.1, -0.05) is 48.0 Å². The predicted octanol–water partition coefficient (Wildman–Crippen LogP) is 4.62. The van der Waals surface area contributed by atoms with E-state index < -0.39 is 0 Å². The number of hydrogen-bond acceptors (Lipinski definition) is 4. The summed E-state index contributed by atoms with van der Waals surface area (Å²) in [5.41, 5.74) is 3.83. The van der Waals surface area contributed by atoms with Gasteiger partial charge in [-0.25, -0.2) is 9.67 Å². The van der Waals surface area contributed by atoms with E-state index in [1.165, 1.54) is 0 Å². The first-order valence-corrected chi connectivity index (χ1v) is 8.76. The highest BCUT2D eigenvalue weighted by Gasteiger charge is 2.15. The van der Waals surface area contributed by atoms with Crippen molar-refractivity contribution in [3.8, 4) is 16.9 Å². The molecule has 0 unspecified atom stereocenters. The van der Waals surface area contributed by atoms with E-state index in [0.29, 0.717) is 22.8 Å². The Morgan fingerprint density at radius 3 is 2.59 bits per heavy atom. The molecule has 0 amide bonds. The molecule has 0 radical (unpaired) electrons. The van der Waals surface area contributed by atoms with Gasteiger partial charge in [0.05, 0.1) is 30.3 Å². The van der Waals surface area contributed by atoms with E-state index in [4.69, 9.17) is 16.3 Å². The van der Waals surface area contributed by atoms with E-state index in [1.807, 2.05) is 42.5 Å². The summed E-state index contributed by atoms with van der Waals surface area (Å²) in [6.45, 7) is 0.571. The lowest BCUT2D eigenvalue weighted by Crippen LogP contribution is -2.02. The Labute approximate surface area is 161 Å². The molecular formula is C21H16ClN3O2. The molecule has 134 valence electrons. The van der Waals surface area contributed by atoms with Gasteiger partial charge in [0.15, 0.2) is 11.9 Å². The van der Waals surface area contributed by atoms with Gasteiger partial charge in [-0.2, -0.15) is 5.10 Å². The standard InChI is InChI=1S/C21H16ClN3O2/c1-27-16-8-6-14(7-9-16)12-25-21-19(11-24-25)20(22)18(10-23-21)17-5-3-2-4-15(17)13-26/h2-11,13H,12H2,1H3. The van der Waals surface area contributed by atoms with E-state index >= 15 is 0 Å². The minimum absolute atomic E-state index is 0.537. The zero-order chi connectivity index (χ0) is 18.8. The maximum absolute atomic E-state index is 11.3. The first-order valence-electron chi connectivity index (χ1n) is 8.39. The van der Waals surface area contributed by atoms with Crippen molar-refractivity contribution >= 4 is 28.9 Å². The summed E-state index contributed by atoms with van der Waals surface area (Å²) >= 11 is 6.64. The smallest absolute Gasteiger partial charge is 0.159 e. The SMILES string of the molecule is COc1ccc(Cn2ncc3c(Cl)c(-c4ccccc4C=O)cnc32)cc1. The molecule has 6 heteroatoms. The fraction of sp³-hybridized carbons (Fsp3) is 0.0952. The average Bonchev–Trinajstić information content (AvgIpc) is 3.12. The number of ether oxygens (including phenoxy) is 1. The van der Waals surface area contributed by atoms with Crippen molar-refractivity contribution in [1.82, 2.24) is 14.8 Å². The Bertz CT molecular complexity index is 1120. The summed E-state index contributed by atoms with van der Waals surface area (Å²) in [7, 11) is 1.64. The second-order valence-electron chi connectivity index (χ2n) is 6.08. The van der Waals surface area contributed by atoms with Crippen LogP contribution in [0, 0.1) is 0 Å². The van der Waals surface area contributed by atoms with Crippen molar-refractivity contribution in [1.29, 1.82) is 0 Å². The number of fused-ring (bicyclic) bond motifs is 1. The minimum Gasteiger partial charge on any atom is -0.497 e. The Morgan fingerprint density at radius 1 is 1.07 bits per heavy atom. The fourth-order valence-corrected chi connectivity index (χ4v) is 3.33. The highest BCUT2D eigenvalue weighted by Crippen LogP contribution is 2.34. The van der Waals surface area contributed by atoms with Crippen LogP contribution in [0.4, 0.5) is 0 Å². The van der Waals surface area contributed by atoms with Gasteiger partial charge in [-0.05, 0) is 23.3 Å². The predicted molar refractivity (Wildman–Crippen MR) is 105 cm³/mol. The number of benzene rings is 2. The van der Waals surface area contributed by atoms with Crippen LogP contribution in [0.5, 0.6) is 5.75 Å². The molecule has 0 saturated carbocycles. The average molecular weight is 378 g/mol. The van der Waals surface area contributed by atoms with Crippen molar-refractivity contribution in [3.63, 3.8) is 0 Å². The fourth-order valence-electron chi connectivity index (χ4n) is 3.05. The van der Waals surface area contributed by atoms with Gasteiger partial charge in [0, 0.05) is 17.3 Å². The molecule has 0 fully saturated rings. The Hall–Kier alpha value is -3.18. The van der Waals surface area contributed by atoms with Crippen LogP contribution >= 0.6 is 11.6 Å². The zero-order valence-corrected chi connectivity index (χ0v) is 15.3. The number of hydrogen-bond donors (Lipinski definition) is 0. The summed E-state index contributed by atoms with van der Waals surface area (Å²) in [4.78, 5) is 15.9. The summed E-state index contributed by atoms with van der Waals surface area (Å²) < 4.78 is 6.99. The number of methoxy groups -OCH3 is 1. The molecule has 2 heterocycles. The van der Waals surface area contributed by atoms with Crippen molar-refractivity contribution in [3.05, 3.63) is 77.1 Å². The topological polar surface area (TPSA) is 57.0 Å². The van der Waals surface area contributed by atoms with Crippen molar-refractivity contribution in [2.24, 2.45) is 0 Å². The number of pyridine rings is 1. The lowest BCUT2D eigenvalue weighted by molar-refractivity contribution is 0.112. The normalized spacial score (nSPS) is 10.9. The number of aldehydes is 1. The largest absolute Gasteiger partial charge is 0.497 e. The highest BCUT2D eigenvalue weighted by atomic mass is 35.5. The van der Waals surface area contributed by atoms with E-state index in [9.17, 15) is 4.79 Å². The first kappa shape index (κ1) is 17.2. The van der Waals surface area contributed by atoms with Gasteiger partial charge in [0.25, 0.3) is 0 Å². The molecule has 0 saturated heterocycles.